The van der Waals surface area contributed by atoms with Gasteiger partial charge in [0.05, 0.1) is 5.60 Å². The number of piperazine rings is 1. The molecule has 3 N–H and O–H groups in total. The molecule has 0 unspecified atom stereocenters. The van der Waals surface area contributed by atoms with Crippen LogP contribution < -0.4 is 15.4 Å². The second kappa shape index (κ2) is 14.3. The van der Waals surface area contributed by atoms with Crippen molar-refractivity contribution < 1.29 is 24.2 Å². The Kier molecular flexibility index (Phi) is 9.94. The van der Waals surface area contributed by atoms with Gasteiger partial charge in [-0.05, 0) is 79.6 Å². The lowest BCUT2D eigenvalue weighted by Crippen LogP contribution is -2.73. The minimum Gasteiger partial charge on any atom is -0.457 e. The van der Waals surface area contributed by atoms with E-state index in [1.54, 1.807) is 31.3 Å². The maximum atomic E-state index is 14.1. The molecule has 1 atom stereocenters. The van der Waals surface area contributed by atoms with Crippen LogP contribution in [0.1, 0.15) is 72.9 Å². The summed E-state index contributed by atoms with van der Waals surface area (Å²) in [5.74, 6) is 1.07. The monoisotopic (exact) mass is 638 g/mol. The van der Waals surface area contributed by atoms with E-state index in [0.29, 0.717) is 68.8 Å². The van der Waals surface area contributed by atoms with E-state index in [0.717, 1.165) is 36.9 Å². The van der Waals surface area contributed by atoms with Crippen LogP contribution in [0.4, 0.5) is 0 Å². The zero-order valence-corrected chi connectivity index (χ0v) is 27.2. The Morgan fingerprint density at radius 1 is 0.872 bits per heavy atom. The molecule has 3 fully saturated rings. The number of rotatable bonds is 10. The summed E-state index contributed by atoms with van der Waals surface area (Å²) in [4.78, 5) is 44.1. The van der Waals surface area contributed by atoms with Crippen LogP contribution in [0.3, 0.4) is 0 Å². The van der Waals surface area contributed by atoms with Gasteiger partial charge in [-0.25, -0.2) is 0 Å². The minimum atomic E-state index is -0.900. The van der Waals surface area contributed by atoms with Crippen LogP contribution in [0, 0.1) is 0 Å². The molecule has 2 aliphatic heterocycles. The maximum Gasteiger partial charge on any atom is 0.251 e. The van der Waals surface area contributed by atoms with Gasteiger partial charge in [-0.15, -0.1) is 0 Å². The first-order chi connectivity index (χ1) is 22.8. The first-order valence-electron chi connectivity index (χ1n) is 17.0. The van der Waals surface area contributed by atoms with E-state index < -0.39 is 17.2 Å². The second-order valence-corrected chi connectivity index (χ2v) is 13.4. The molecule has 47 heavy (non-hydrogen) atoms. The predicted molar refractivity (Wildman–Crippen MR) is 180 cm³/mol. The third-order valence-electron chi connectivity index (χ3n) is 10.2. The fourth-order valence-corrected chi connectivity index (χ4v) is 7.47. The summed E-state index contributed by atoms with van der Waals surface area (Å²) in [6.45, 7) is 2.58. The lowest BCUT2D eigenvalue weighted by molar-refractivity contribution is -0.163. The third-order valence-corrected chi connectivity index (χ3v) is 10.2. The van der Waals surface area contributed by atoms with Crippen LogP contribution in [0.5, 0.6) is 11.5 Å². The predicted octanol–water partition coefficient (Wildman–Crippen LogP) is 4.83. The first-order valence-corrected chi connectivity index (χ1v) is 17.0. The number of benzene rings is 3. The molecule has 9 nitrogen and oxygen atoms in total. The molecule has 1 spiro atoms. The number of carbonyl (C=O) groups excluding carboxylic acids is 3. The molecule has 2 saturated heterocycles. The fourth-order valence-electron chi connectivity index (χ4n) is 7.47. The van der Waals surface area contributed by atoms with Crippen molar-refractivity contribution in [3.05, 3.63) is 95.6 Å². The number of hydrogen-bond donors (Lipinski definition) is 3. The summed E-state index contributed by atoms with van der Waals surface area (Å²) >= 11 is 0. The lowest BCUT2D eigenvalue weighted by atomic mass is 9.77. The highest BCUT2D eigenvalue weighted by Crippen LogP contribution is 2.38. The Balaban J connectivity index is 1.10. The molecule has 3 aromatic carbocycles. The third kappa shape index (κ3) is 7.52. The number of aliphatic hydroxyl groups is 1. The number of carbonyl (C=O) groups is 3. The smallest absolute Gasteiger partial charge is 0.251 e. The molecule has 6 rings (SSSR count). The average Bonchev–Trinajstić information content (AvgIpc) is 3.09. The van der Waals surface area contributed by atoms with Crippen molar-refractivity contribution in [2.24, 2.45) is 0 Å². The maximum absolute atomic E-state index is 14.1. The van der Waals surface area contributed by atoms with Crippen LogP contribution in [-0.2, 0) is 22.6 Å². The van der Waals surface area contributed by atoms with Crippen molar-refractivity contribution in [1.29, 1.82) is 0 Å². The number of likely N-dealkylation sites (tertiary alicyclic amines) is 1. The van der Waals surface area contributed by atoms with Crippen molar-refractivity contribution in [2.45, 2.75) is 81.5 Å². The molecule has 2 heterocycles. The van der Waals surface area contributed by atoms with Crippen molar-refractivity contribution in [3.63, 3.8) is 0 Å². The Morgan fingerprint density at radius 3 is 2.15 bits per heavy atom. The van der Waals surface area contributed by atoms with Gasteiger partial charge in [0.1, 0.15) is 23.1 Å². The molecule has 1 aliphatic carbocycles. The molecule has 0 radical (unpaired) electrons. The number of hydrogen-bond acceptors (Lipinski definition) is 6. The quantitative estimate of drug-likeness (QED) is 0.294. The van der Waals surface area contributed by atoms with Crippen LogP contribution in [0.15, 0.2) is 78.9 Å². The standard InChI is InChI=1S/C38H46N4O5/c1-39-34(43)30-12-16-32(17-13-30)47-31-14-10-29(11-15-31)27-41-24-21-38(22-25-41)36(45)40-33(26-37(46)19-6-3-7-20-37)35(44)42(38)23-18-28-8-4-2-5-9-28/h2,4-5,8-17,33,46H,3,6-7,18-27H2,1H3,(H,39,43)(H,40,45)/t33-/m1/s1. The van der Waals surface area contributed by atoms with Crippen molar-refractivity contribution >= 4 is 17.7 Å². The van der Waals surface area contributed by atoms with Gasteiger partial charge in [-0.2, -0.15) is 0 Å². The van der Waals surface area contributed by atoms with Gasteiger partial charge in [0.25, 0.3) is 5.91 Å². The molecule has 9 heteroatoms. The molecule has 248 valence electrons. The number of ether oxygens (including phenoxy) is 1. The number of nitrogens with zero attached hydrogens (tertiary/aromatic N) is 2. The van der Waals surface area contributed by atoms with Crippen LogP contribution in [0.25, 0.3) is 0 Å². The van der Waals surface area contributed by atoms with Crippen LogP contribution >= 0.6 is 0 Å². The van der Waals surface area contributed by atoms with E-state index in [-0.39, 0.29) is 24.1 Å². The summed E-state index contributed by atoms with van der Waals surface area (Å²) in [6, 6.07) is 24.4. The minimum absolute atomic E-state index is 0.0631. The Morgan fingerprint density at radius 2 is 1.51 bits per heavy atom. The summed E-state index contributed by atoms with van der Waals surface area (Å²) in [5, 5.41) is 17.0. The zero-order chi connectivity index (χ0) is 32.9. The van der Waals surface area contributed by atoms with Gasteiger partial charge in [0.2, 0.25) is 11.8 Å². The molecular formula is C38H46N4O5. The van der Waals surface area contributed by atoms with Crippen LogP contribution in [0.2, 0.25) is 0 Å². The number of nitrogens with one attached hydrogen (secondary N) is 2. The van der Waals surface area contributed by atoms with E-state index in [1.165, 1.54) is 0 Å². The van der Waals surface area contributed by atoms with Gasteiger partial charge in [-0.1, -0.05) is 61.7 Å². The van der Waals surface area contributed by atoms with Crippen LogP contribution in [-0.4, -0.2) is 76.5 Å². The fraction of sp³-hybridized carbons (Fsp3) is 0.447. The van der Waals surface area contributed by atoms with E-state index in [2.05, 4.69) is 27.7 Å². The lowest BCUT2D eigenvalue weighted by Gasteiger charge is -2.52. The molecule has 1 saturated carbocycles. The SMILES string of the molecule is CNC(=O)c1ccc(Oc2ccc(CN3CCC4(CC3)C(=O)N[C@H](CC3(O)CCCCC3)C(=O)N4CCc3ccccc3)cc2)cc1. The van der Waals surface area contributed by atoms with E-state index in [1.807, 2.05) is 47.4 Å². The topological polar surface area (TPSA) is 111 Å². The van der Waals surface area contributed by atoms with Crippen molar-refractivity contribution in [3.8, 4) is 11.5 Å². The van der Waals surface area contributed by atoms with E-state index in [9.17, 15) is 19.5 Å². The van der Waals surface area contributed by atoms with Crippen molar-refractivity contribution in [1.82, 2.24) is 20.4 Å². The zero-order valence-electron chi connectivity index (χ0n) is 27.2. The summed E-state index contributed by atoms with van der Waals surface area (Å²) in [6.07, 6.45) is 6.43. The molecule has 0 bridgehead atoms. The molecule has 3 aromatic rings. The van der Waals surface area contributed by atoms with Gasteiger partial charge in [-0.3, -0.25) is 19.3 Å². The summed E-state index contributed by atoms with van der Waals surface area (Å²) < 4.78 is 5.98. The Bertz CT molecular complexity index is 1530. The highest BCUT2D eigenvalue weighted by atomic mass is 16.5. The summed E-state index contributed by atoms with van der Waals surface area (Å²) in [5.41, 5.74) is 1.05. The van der Waals surface area contributed by atoms with E-state index >= 15 is 0 Å². The van der Waals surface area contributed by atoms with Crippen molar-refractivity contribution in [2.75, 3.05) is 26.7 Å². The highest BCUT2D eigenvalue weighted by molar-refractivity contribution is 6.00. The van der Waals surface area contributed by atoms with Gasteiger partial charge < -0.3 is 25.4 Å². The van der Waals surface area contributed by atoms with Gasteiger partial charge in [0.15, 0.2) is 0 Å². The molecule has 3 aliphatic rings. The summed E-state index contributed by atoms with van der Waals surface area (Å²) in [7, 11) is 1.60. The first kappa shape index (κ1) is 32.7. The Labute approximate surface area is 277 Å². The second-order valence-electron chi connectivity index (χ2n) is 13.4. The number of piperidine rings is 1. The Hall–Kier alpha value is -4.21. The number of amides is 3. The largest absolute Gasteiger partial charge is 0.457 e. The van der Waals surface area contributed by atoms with Gasteiger partial charge in [0, 0.05) is 45.2 Å². The van der Waals surface area contributed by atoms with Gasteiger partial charge >= 0.3 is 0 Å². The molecule has 0 aromatic heterocycles. The average molecular weight is 639 g/mol. The van der Waals surface area contributed by atoms with E-state index in [4.69, 9.17) is 4.74 Å². The molecular weight excluding hydrogens is 592 g/mol. The molecule has 3 amide bonds. The highest BCUT2D eigenvalue weighted by Gasteiger charge is 2.54. The normalized spacial score (nSPS) is 20.9.